The Morgan fingerprint density at radius 2 is 1.67 bits per heavy atom. The summed E-state index contributed by atoms with van der Waals surface area (Å²) < 4.78 is 16.6. The molecule has 0 heterocycles. The van der Waals surface area contributed by atoms with Gasteiger partial charge in [0.2, 0.25) is 0 Å². The van der Waals surface area contributed by atoms with E-state index in [9.17, 15) is 0 Å². The van der Waals surface area contributed by atoms with E-state index in [0.717, 1.165) is 44.6 Å². The summed E-state index contributed by atoms with van der Waals surface area (Å²) >= 11 is 0. The molecule has 0 aliphatic heterocycles. The van der Waals surface area contributed by atoms with Crippen LogP contribution in [0.15, 0.2) is 0 Å². The monoisotopic (exact) mass is 277 g/mol. The Bertz CT molecular complexity index is 179. The molecule has 0 bridgehead atoms. The van der Waals surface area contributed by atoms with E-state index < -0.39 is 8.56 Å². The third kappa shape index (κ3) is 8.21. The Labute approximate surface area is 114 Å². The highest BCUT2D eigenvalue weighted by Crippen LogP contribution is 2.18. The van der Waals surface area contributed by atoms with Crippen LogP contribution in [0.3, 0.4) is 0 Å². The molecule has 0 aromatic heterocycles. The van der Waals surface area contributed by atoms with Crippen LogP contribution in [0.2, 0.25) is 12.1 Å². The molecule has 0 aromatic carbocycles. The van der Waals surface area contributed by atoms with Crippen LogP contribution in [0, 0.1) is 0 Å². The van der Waals surface area contributed by atoms with Crippen molar-refractivity contribution < 1.29 is 13.6 Å². The molecule has 0 saturated heterocycles. The van der Waals surface area contributed by atoms with Gasteiger partial charge in [-0.25, -0.2) is 0 Å². The highest BCUT2D eigenvalue weighted by Gasteiger charge is 2.32. The summed E-state index contributed by atoms with van der Waals surface area (Å²) in [6, 6.07) is 2.08. The minimum absolute atomic E-state index is 0.338. The molecule has 0 fully saturated rings. The van der Waals surface area contributed by atoms with Crippen molar-refractivity contribution in [1.29, 1.82) is 0 Å². The zero-order chi connectivity index (χ0) is 13.9. The Morgan fingerprint density at radius 1 is 1.06 bits per heavy atom. The zero-order valence-corrected chi connectivity index (χ0v) is 13.8. The molecule has 0 aromatic rings. The number of rotatable bonds is 12. The van der Waals surface area contributed by atoms with Gasteiger partial charge in [0, 0.05) is 20.8 Å². The first-order chi connectivity index (χ1) is 8.60. The fraction of sp³-hybridized carbons (Fsp3) is 1.00. The molecule has 4 nitrogen and oxygen atoms in total. The average Bonchev–Trinajstić information content (AvgIpc) is 2.38. The summed E-state index contributed by atoms with van der Waals surface area (Å²) in [5, 5.41) is 3.44. The molecule has 0 aliphatic rings. The second-order valence-corrected chi connectivity index (χ2v) is 8.64. The normalized spacial score (nSPS) is 12.3. The van der Waals surface area contributed by atoms with Gasteiger partial charge in [0.1, 0.15) is 0 Å². The van der Waals surface area contributed by atoms with Gasteiger partial charge in [-0.3, -0.25) is 0 Å². The number of hydrogen-bond donors (Lipinski definition) is 1. The lowest BCUT2D eigenvalue weighted by Crippen LogP contribution is -2.39. The number of hydrogen-bond acceptors (Lipinski definition) is 4. The van der Waals surface area contributed by atoms with Crippen LogP contribution in [-0.4, -0.2) is 48.6 Å². The molecule has 5 heteroatoms. The Kier molecular flexibility index (Phi) is 11.0. The SMILES string of the molecule is CC[Si](CCCNCCCOC(C)C)(OC)OC. The van der Waals surface area contributed by atoms with Gasteiger partial charge in [0.25, 0.3) is 0 Å². The van der Waals surface area contributed by atoms with Gasteiger partial charge in [-0.1, -0.05) is 6.92 Å². The topological polar surface area (TPSA) is 39.7 Å². The van der Waals surface area contributed by atoms with Crippen molar-refractivity contribution in [3.05, 3.63) is 0 Å². The van der Waals surface area contributed by atoms with Crippen molar-refractivity contribution in [2.45, 2.75) is 51.8 Å². The van der Waals surface area contributed by atoms with Crippen LogP contribution < -0.4 is 5.32 Å². The second-order valence-electron chi connectivity index (χ2n) is 4.80. The van der Waals surface area contributed by atoms with Gasteiger partial charge in [-0.05, 0) is 51.9 Å². The first-order valence-electron chi connectivity index (χ1n) is 7.03. The molecule has 0 aliphatic carbocycles. The molecular weight excluding hydrogens is 246 g/mol. The summed E-state index contributed by atoms with van der Waals surface area (Å²) in [6.07, 6.45) is 2.53. The van der Waals surface area contributed by atoms with E-state index in [2.05, 4.69) is 26.1 Å². The summed E-state index contributed by atoms with van der Waals surface area (Å²) in [6.45, 7) is 9.18. The first kappa shape index (κ1) is 18.1. The van der Waals surface area contributed by atoms with E-state index in [1.807, 2.05) is 0 Å². The third-order valence-corrected chi connectivity index (χ3v) is 6.82. The standard InChI is InChI=1S/C13H31NO3Si/c1-6-18(15-4,16-5)12-8-10-14-9-7-11-17-13(2)3/h13-14H,6-12H2,1-5H3. The summed E-state index contributed by atoms with van der Waals surface area (Å²) in [5.74, 6) is 0. The van der Waals surface area contributed by atoms with Crippen molar-refractivity contribution in [1.82, 2.24) is 5.32 Å². The molecule has 0 spiro atoms. The maximum Gasteiger partial charge on any atom is 0.337 e. The molecule has 0 amide bonds. The average molecular weight is 277 g/mol. The van der Waals surface area contributed by atoms with Crippen molar-refractivity contribution in [2.75, 3.05) is 33.9 Å². The van der Waals surface area contributed by atoms with Crippen molar-refractivity contribution >= 4 is 8.56 Å². The van der Waals surface area contributed by atoms with Crippen molar-refractivity contribution in [3.8, 4) is 0 Å². The minimum Gasteiger partial charge on any atom is -0.398 e. The van der Waals surface area contributed by atoms with Crippen LogP contribution in [0.1, 0.15) is 33.6 Å². The van der Waals surface area contributed by atoms with Crippen LogP contribution in [0.4, 0.5) is 0 Å². The largest absolute Gasteiger partial charge is 0.398 e. The molecule has 18 heavy (non-hydrogen) atoms. The molecular formula is C13H31NO3Si. The van der Waals surface area contributed by atoms with Crippen LogP contribution >= 0.6 is 0 Å². The highest BCUT2D eigenvalue weighted by atomic mass is 28.4. The lowest BCUT2D eigenvalue weighted by atomic mass is 10.4. The molecule has 0 radical (unpaired) electrons. The van der Waals surface area contributed by atoms with Crippen molar-refractivity contribution in [2.24, 2.45) is 0 Å². The maximum absolute atomic E-state index is 5.58. The fourth-order valence-electron chi connectivity index (χ4n) is 1.88. The van der Waals surface area contributed by atoms with Crippen LogP contribution in [0.5, 0.6) is 0 Å². The molecule has 1 N–H and O–H groups in total. The highest BCUT2D eigenvalue weighted by molar-refractivity contribution is 6.67. The first-order valence-corrected chi connectivity index (χ1v) is 9.26. The summed E-state index contributed by atoms with van der Waals surface area (Å²) in [7, 11) is 1.68. The molecule has 0 unspecified atom stereocenters. The van der Waals surface area contributed by atoms with Gasteiger partial charge in [-0.15, -0.1) is 0 Å². The fourth-order valence-corrected chi connectivity index (χ4v) is 4.10. The van der Waals surface area contributed by atoms with Crippen LogP contribution in [0.25, 0.3) is 0 Å². The van der Waals surface area contributed by atoms with Crippen molar-refractivity contribution in [3.63, 3.8) is 0 Å². The predicted octanol–water partition coefficient (Wildman–Crippen LogP) is 2.54. The number of ether oxygens (including phenoxy) is 1. The third-order valence-electron chi connectivity index (χ3n) is 3.14. The van der Waals surface area contributed by atoms with E-state index >= 15 is 0 Å². The maximum atomic E-state index is 5.58. The molecule has 0 saturated carbocycles. The second kappa shape index (κ2) is 10.9. The van der Waals surface area contributed by atoms with E-state index in [1.54, 1.807) is 14.2 Å². The van der Waals surface area contributed by atoms with E-state index in [-0.39, 0.29) is 0 Å². The van der Waals surface area contributed by atoms with E-state index in [1.165, 1.54) is 0 Å². The van der Waals surface area contributed by atoms with E-state index in [0.29, 0.717) is 6.10 Å². The van der Waals surface area contributed by atoms with Gasteiger partial charge in [0.15, 0.2) is 0 Å². The van der Waals surface area contributed by atoms with Gasteiger partial charge >= 0.3 is 8.56 Å². The lowest BCUT2D eigenvalue weighted by Gasteiger charge is -2.25. The number of nitrogens with one attached hydrogen (secondary N) is 1. The molecule has 110 valence electrons. The van der Waals surface area contributed by atoms with Crippen LogP contribution in [-0.2, 0) is 13.6 Å². The molecule has 0 rings (SSSR count). The van der Waals surface area contributed by atoms with Gasteiger partial charge < -0.3 is 18.9 Å². The molecule has 0 atom stereocenters. The van der Waals surface area contributed by atoms with Gasteiger partial charge in [-0.2, -0.15) is 0 Å². The Hall–Kier alpha value is 0.0569. The zero-order valence-electron chi connectivity index (χ0n) is 12.8. The Morgan fingerprint density at radius 3 is 2.17 bits per heavy atom. The van der Waals surface area contributed by atoms with Gasteiger partial charge in [0.05, 0.1) is 6.10 Å². The summed E-state index contributed by atoms with van der Waals surface area (Å²) in [5.41, 5.74) is 0. The lowest BCUT2D eigenvalue weighted by molar-refractivity contribution is 0.0771. The predicted molar refractivity (Wildman–Crippen MR) is 78.3 cm³/mol. The smallest absolute Gasteiger partial charge is 0.337 e. The quantitative estimate of drug-likeness (QED) is 0.439. The Balaban J connectivity index is 3.44. The van der Waals surface area contributed by atoms with E-state index in [4.69, 9.17) is 13.6 Å². The minimum atomic E-state index is -1.87. The summed E-state index contributed by atoms with van der Waals surface area (Å²) in [4.78, 5) is 0.